The molecule has 4 nitrogen and oxygen atoms in total. The van der Waals surface area contributed by atoms with Crippen molar-refractivity contribution in [3.05, 3.63) is 47.1 Å². The average Bonchev–Trinajstić information content (AvgIpc) is 2.84. The molecule has 84 valence electrons. The summed E-state index contributed by atoms with van der Waals surface area (Å²) < 4.78 is 6.91. The molecule has 1 N–H and O–H groups in total. The molecule has 0 radical (unpaired) electrons. The molecule has 2 heterocycles. The van der Waals surface area contributed by atoms with Crippen molar-refractivity contribution >= 4 is 17.5 Å². The number of nitrogens with zero attached hydrogens (tertiary/aromatic N) is 1. The summed E-state index contributed by atoms with van der Waals surface area (Å²) in [7, 11) is 1.93. The van der Waals surface area contributed by atoms with Crippen LogP contribution in [-0.4, -0.2) is 10.5 Å². The number of hydrogen-bond acceptors (Lipinski definition) is 2. The Kier molecular flexibility index (Phi) is 3.01. The average molecular weight is 239 g/mol. The molecule has 0 aliphatic carbocycles. The van der Waals surface area contributed by atoms with Crippen LogP contribution < -0.4 is 5.32 Å². The van der Waals surface area contributed by atoms with Crippen molar-refractivity contribution in [3.63, 3.8) is 0 Å². The Balaban J connectivity index is 1.93. The maximum absolute atomic E-state index is 11.6. The standard InChI is InChI=1S/C11H11ClN2O2/c1-14-5-4-8(7-14)6-13-11(15)9-2-3-10(12)16-9/h2-5,7H,6H2,1H3,(H,13,15). The van der Waals surface area contributed by atoms with Gasteiger partial charge in [-0.1, -0.05) is 0 Å². The van der Waals surface area contributed by atoms with Crippen molar-refractivity contribution in [2.45, 2.75) is 6.54 Å². The highest BCUT2D eigenvalue weighted by Gasteiger charge is 2.09. The van der Waals surface area contributed by atoms with E-state index in [0.717, 1.165) is 5.56 Å². The third kappa shape index (κ3) is 2.46. The molecule has 5 heteroatoms. The van der Waals surface area contributed by atoms with Gasteiger partial charge in [-0.3, -0.25) is 4.79 Å². The highest BCUT2D eigenvalue weighted by atomic mass is 35.5. The number of aromatic nitrogens is 1. The second kappa shape index (κ2) is 4.45. The molecular weight excluding hydrogens is 228 g/mol. The fourth-order valence-electron chi connectivity index (χ4n) is 1.37. The van der Waals surface area contributed by atoms with Crippen molar-refractivity contribution < 1.29 is 9.21 Å². The zero-order chi connectivity index (χ0) is 11.5. The molecule has 2 rings (SSSR count). The number of carbonyl (C=O) groups is 1. The lowest BCUT2D eigenvalue weighted by Gasteiger charge is -2.00. The Morgan fingerprint density at radius 3 is 2.88 bits per heavy atom. The third-order valence-electron chi connectivity index (χ3n) is 2.14. The molecule has 0 bridgehead atoms. The molecule has 0 aromatic carbocycles. The van der Waals surface area contributed by atoms with Crippen LogP contribution in [0.3, 0.4) is 0 Å². The van der Waals surface area contributed by atoms with Gasteiger partial charge in [0.1, 0.15) is 0 Å². The molecule has 0 unspecified atom stereocenters. The van der Waals surface area contributed by atoms with Gasteiger partial charge in [0.2, 0.25) is 0 Å². The van der Waals surface area contributed by atoms with E-state index in [9.17, 15) is 4.79 Å². The van der Waals surface area contributed by atoms with Gasteiger partial charge < -0.3 is 14.3 Å². The summed E-state index contributed by atoms with van der Waals surface area (Å²) in [4.78, 5) is 11.6. The zero-order valence-electron chi connectivity index (χ0n) is 8.74. The van der Waals surface area contributed by atoms with Crippen molar-refractivity contribution in [3.8, 4) is 0 Å². The first-order chi connectivity index (χ1) is 7.65. The van der Waals surface area contributed by atoms with Gasteiger partial charge in [0.25, 0.3) is 5.91 Å². The number of carbonyl (C=O) groups excluding carboxylic acids is 1. The number of nitrogens with one attached hydrogen (secondary N) is 1. The number of furan rings is 1. The lowest BCUT2D eigenvalue weighted by atomic mass is 10.3. The zero-order valence-corrected chi connectivity index (χ0v) is 9.49. The third-order valence-corrected chi connectivity index (χ3v) is 2.35. The molecule has 0 saturated carbocycles. The van der Waals surface area contributed by atoms with Crippen LogP contribution in [0.4, 0.5) is 0 Å². The first-order valence-electron chi connectivity index (χ1n) is 4.79. The normalized spacial score (nSPS) is 10.4. The van der Waals surface area contributed by atoms with Crippen LogP contribution in [-0.2, 0) is 13.6 Å². The van der Waals surface area contributed by atoms with Crippen LogP contribution in [0.1, 0.15) is 16.1 Å². The second-order valence-corrected chi connectivity index (χ2v) is 3.84. The van der Waals surface area contributed by atoms with Gasteiger partial charge in [0.05, 0.1) is 0 Å². The molecule has 2 aromatic heterocycles. The minimum atomic E-state index is -0.268. The summed E-state index contributed by atoms with van der Waals surface area (Å²) in [5, 5.41) is 2.95. The van der Waals surface area contributed by atoms with Gasteiger partial charge in [-0.05, 0) is 35.4 Å². The minimum Gasteiger partial charge on any atom is -0.440 e. The highest BCUT2D eigenvalue weighted by Crippen LogP contribution is 2.12. The topological polar surface area (TPSA) is 47.2 Å². The van der Waals surface area contributed by atoms with Crippen LogP contribution >= 0.6 is 11.6 Å². The van der Waals surface area contributed by atoms with Crippen molar-refractivity contribution in [1.29, 1.82) is 0 Å². The SMILES string of the molecule is Cn1ccc(CNC(=O)c2ccc(Cl)o2)c1. The summed E-state index contributed by atoms with van der Waals surface area (Å²) in [5.74, 6) is -0.0447. The second-order valence-electron chi connectivity index (χ2n) is 3.47. The monoisotopic (exact) mass is 238 g/mol. The van der Waals surface area contributed by atoms with Crippen molar-refractivity contribution in [2.24, 2.45) is 7.05 Å². The number of hydrogen-bond donors (Lipinski definition) is 1. The highest BCUT2D eigenvalue weighted by molar-refractivity contribution is 6.29. The number of amides is 1. The van der Waals surface area contributed by atoms with E-state index in [2.05, 4.69) is 5.32 Å². The summed E-state index contributed by atoms with van der Waals surface area (Å²) in [6.45, 7) is 0.470. The Bertz CT molecular complexity index is 502. The van der Waals surface area contributed by atoms with Gasteiger partial charge in [0, 0.05) is 26.0 Å². The summed E-state index contributed by atoms with van der Waals surface area (Å²) >= 11 is 5.57. The van der Waals surface area contributed by atoms with Crippen LogP contribution in [0.15, 0.2) is 35.0 Å². The number of rotatable bonds is 3. The largest absolute Gasteiger partial charge is 0.440 e. The fraction of sp³-hybridized carbons (Fsp3) is 0.182. The molecule has 0 aliphatic rings. The smallest absolute Gasteiger partial charge is 0.287 e. The van der Waals surface area contributed by atoms with E-state index in [1.54, 1.807) is 12.1 Å². The van der Waals surface area contributed by atoms with Gasteiger partial charge in [0.15, 0.2) is 11.0 Å². The van der Waals surface area contributed by atoms with Gasteiger partial charge in [-0.2, -0.15) is 0 Å². The van der Waals surface area contributed by atoms with E-state index in [4.69, 9.17) is 16.0 Å². The molecule has 0 fully saturated rings. The van der Waals surface area contributed by atoms with Crippen LogP contribution in [0, 0.1) is 0 Å². The summed E-state index contributed by atoms with van der Waals surface area (Å²) in [6, 6.07) is 5.02. The summed E-state index contributed by atoms with van der Waals surface area (Å²) in [6.07, 6.45) is 3.86. The van der Waals surface area contributed by atoms with Crippen LogP contribution in [0.5, 0.6) is 0 Å². The van der Waals surface area contributed by atoms with Gasteiger partial charge in [-0.15, -0.1) is 0 Å². The predicted octanol–water partition coefficient (Wildman–Crippen LogP) is 2.20. The maximum Gasteiger partial charge on any atom is 0.287 e. The molecule has 0 atom stereocenters. The number of aryl methyl sites for hydroxylation is 1. The predicted molar refractivity (Wildman–Crippen MR) is 60.3 cm³/mol. The van der Waals surface area contributed by atoms with Gasteiger partial charge >= 0.3 is 0 Å². The van der Waals surface area contributed by atoms with Crippen molar-refractivity contribution in [2.75, 3.05) is 0 Å². The summed E-state index contributed by atoms with van der Waals surface area (Å²) in [5.41, 5.74) is 1.04. The fourth-order valence-corrected chi connectivity index (χ4v) is 1.52. The first-order valence-corrected chi connectivity index (χ1v) is 5.17. The quantitative estimate of drug-likeness (QED) is 0.891. The molecule has 1 amide bonds. The molecule has 0 spiro atoms. The molecule has 0 saturated heterocycles. The van der Waals surface area contributed by atoms with Gasteiger partial charge in [-0.25, -0.2) is 0 Å². The molecule has 2 aromatic rings. The van der Waals surface area contributed by atoms with Crippen LogP contribution in [0.25, 0.3) is 0 Å². The molecule has 0 aliphatic heterocycles. The minimum absolute atomic E-state index is 0.213. The van der Waals surface area contributed by atoms with E-state index in [0.29, 0.717) is 6.54 Å². The first kappa shape index (κ1) is 10.8. The molecular formula is C11H11ClN2O2. The number of halogens is 1. The van der Waals surface area contributed by atoms with Crippen LogP contribution in [0.2, 0.25) is 5.22 Å². The van der Waals surface area contributed by atoms with E-state index < -0.39 is 0 Å². The van der Waals surface area contributed by atoms with E-state index in [1.807, 2.05) is 30.1 Å². The lowest BCUT2D eigenvalue weighted by molar-refractivity contribution is 0.0923. The lowest BCUT2D eigenvalue weighted by Crippen LogP contribution is -2.21. The van der Waals surface area contributed by atoms with Crippen molar-refractivity contribution in [1.82, 2.24) is 9.88 Å². The maximum atomic E-state index is 11.6. The Hall–Kier alpha value is -1.68. The Morgan fingerprint density at radius 2 is 2.31 bits per heavy atom. The van der Waals surface area contributed by atoms with E-state index >= 15 is 0 Å². The van der Waals surface area contributed by atoms with E-state index in [1.165, 1.54) is 0 Å². The Morgan fingerprint density at radius 1 is 1.50 bits per heavy atom. The molecule has 16 heavy (non-hydrogen) atoms. The van der Waals surface area contributed by atoms with E-state index in [-0.39, 0.29) is 16.9 Å². The Labute approximate surface area is 97.8 Å².